The summed E-state index contributed by atoms with van der Waals surface area (Å²) in [6.45, 7) is 5.78. The van der Waals surface area contributed by atoms with Crippen LogP contribution in [-0.4, -0.2) is 40.1 Å². The minimum atomic E-state index is -1.43. The van der Waals surface area contributed by atoms with Crippen LogP contribution in [0.4, 0.5) is 22.7 Å². The molecule has 1 saturated heterocycles. The van der Waals surface area contributed by atoms with Crippen LogP contribution in [0.15, 0.2) is 75.4 Å². The van der Waals surface area contributed by atoms with Gasteiger partial charge in [0, 0.05) is 33.8 Å². The predicted molar refractivity (Wildman–Crippen MR) is 133 cm³/mol. The van der Waals surface area contributed by atoms with Gasteiger partial charge in [0.05, 0.1) is 16.3 Å². The van der Waals surface area contributed by atoms with Crippen LogP contribution < -0.4 is 10.7 Å². The third-order valence-electron chi connectivity index (χ3n) is 4.96. The SMILES string of the molecule is CC1(C)OC(=O)C(=NNc2ccccc2NC2=C(N=Nc3ccccc3[N+](=O)[O-])C(=O)OC(C)(C)O2)C(=O)O1. The summed E-state index contributed by atoms with van der Waals surface area (Å²) < 4.78 is 21.0. The van der Waals surface area contributed by atoms with E-state index in [9.17, 15) is 24.5 Å². The molecule has 0 spiro atoms. The quantitative estimate of drug-likeness (QED) is 0.225. The lowest BCUT2D eigenvalue weighted by molar-refractivity contribution is -0.384. The molecule has 39 heavy (non-hydrogen) atoms. The highest BCUT2D eigenvalue weighted by atomic mass is 16.7. The monoisotopic (exact) mass is 538 g/mol. The Kier molecular flexibility index (Phi) is 6.99. The maximum atomic E-state index is 12.8. The molecule has 2 N–H and O–H groups in total. The largest absolute Gasteiger partial charge is 0.435 e. The fraction of sp³-hybridized carbons (Fsp3) is 0.250. The first kappa shape index (κ1) is 26.7. The summed E-state index contributed by atoms with van der Waals surface area (Å²) in [6.07, 6.45) is 0. The average molecular weight is 538 g/mol. The topological polar surface area (TPSA) is 192 Å². The smallest absolute Gasteiger partial charge is 0.369 e. The minimum absolute atomic E-state index is 0.0979. The Labute approximate surface area is 220 Å². The van der Waals surface area contributed by atoms with E-state index in [1.807, 2.05) is 0 Å². The third kappa shape index (κ3) is 6.15. The molecule has 0 radical (unpaired) electrons. The predicted octanol–water partition coefficient (Wildman–Crippen LogP) is 3.87. The summed E-state index contributed by atoms with van der Waals surface area (Å²) in [4.78, 5) is 47.8. The highest BCUT2D eigenvalue weighted by Crippen LogP contribution is 2.33. The first-order valence-electron chi connectivity index (χ1n) is 11.3. The number of rotatable bonds is 7. The number of hydrazone groups is 1. The number of carbonyl (C=O) groups is 3. The number of anilines is 2. The maximum Gasteiger partial charge on any atom is 0.369 e. The van der Waals surface area contributed by atoms with E-state index in [1.54, 1.807) is 24.3 Å². The van der Waals surface area contributed by atoms with Crippen molar-refractivity contribution in [2.24, 2.45) is 15.3 Å². The Morgan fingerprint density at radius 1 is 0.769 bits per heavy atom. The molecule has 2 aromatic carbocycles. The Morgan fingerprint density at radius 3 is 2.00 bits per heavy atom. The van der Waals surface area contributed by atoms with E-state index in [1.165, 1.54) is 52.0 Å². The molecule has 4 rings (SSSR count). The lowest BCUT2D eigenvalue weighted by atomic mass is 10.2. The number of nitro groups is 1. The molecule has 0 aliphatic carbocycles. The number of azo groups is 1. The average Bonchev–Trinajstić information content (AvgIpc) is 2.82. The van der Waals surface area contributed by atoms with Gasteiger partial charge in [0.15, 0.2) is 5.69 Å². The molecule has 15 heteroatoms. The highest BCUT2D eigenvalue weighted by molar-refractivity contribution is 6.63. The number of cyclic esters (lactones) is 3. The Balaban J connectivity index is 1.67. The molecule has 0 unspecified atom stereocenters. The number of hydrogen-bond acceptors (Lipinski definition) is 14. The molecule has 2 aromatic rings. The van der Waals surface area contributed by atoms with Crippen LogP contribution in [0.25, 0.3) is 0 Å². The van der Waals surface area contributed by atoms with Crippen LogP contribution in [0, 0.1) is 10.1 Å². The Bertz CT molecular complexity index is 1440. The number of hydrogen-bond donors (Lipinski definition) is 2. The van der Waals surface area contributed by atoms with Gasteiger partial charge in [-0.1, -0.05) is 24.3 Å². The van der Waals surface area contributed by atoms with Gasteiger partial charge in [0.2, 0.25) is 11.6 Å². The zero-order valence-electron chi connectivity index (χ0n) is 21.1. The second-order valence-corrected chi connectivity index (χ2v) is 8.94. The van der Waals surface area contributed by atoms with Crippen molar-refractivity contribution in [3.05, 3.63) is 70.2 Å². The Hall–Kier alpha value is -5.34. The van der Waals surface area contributed by atoms with Crippen molar-refractivity contribution in [3.8, 4) is 0 Å². The molecular weight excluding hydrogens is 516 g/mol. The third-order valence-corrected chi connectivity index (χ3v) is 4.96. The molecule has 2 aliphatic rings. The molecule has 0 saturated carbocycles. The van der Waals surface area contributed by atoms with Crippen molar-refractivity contribution in [2.45, 2.75) is 39.3 Å². The normalized spacial score (nSPS) is 18.1. The lowest BCUT2D eigenvalue weighted by Gasteiger charge is -2.32. The van der Waals surface area contributed by atoms with Crippen LogP contribution in [-0.2, 0) is 33.3 Å². The van der Waals surface area contributed by atoms with Crippen LogP contribution in [0.5, 0.6) is 0 Å². The molecule has 0 aromatic heterocycles. The summed E-state index contributed by atoms with van der Waals surface area (Å²) in [7, 11) is 0. The van der Waals surface area contributed by atoms with Gasteiger partial charge in [-0.15, -0.1) is 10.2 Å². The molecular formula is C24H22N6O9. The van der Waals surface area contributed by atoms with Gasteiger partial charge in [-0.25, -0.2) is 14.4 Å². The summed E-state index contributed by atoms with van der Waals surface area (Å²) >= 11 is 0. The first-order valence-corrected chi connectivity index (χ1v) is 11.3. The fourth-order valence-corrected chi connectivity index (χ4v) is 3.32. The van der Waals surface area contributed by atoms with Gasteiger partial charge in [0.1, 0.15) is 0 Å². The molecule has 202 valence electrons. The molecule has 0 amide bonds. The molecule has 15 nitrogen and oxygen atoms in total. The second-order valence-electron chi connectivity index (χ2n) is 8.94. The van der Waals surface area contributed by atoms with E-state index >= 15 is 0 Å². The summed E-state index contributed by atoms with van der Waals surface area (Å²) in [6, 6.07) is 12.0. The van der Waals surface area contributed by atoms with Crippen molar-refractivity contribution >= 4 is 46.4 Å². The van der Waals surface area contributed by atoms with Crippen LogP contribution in [0.3, 0.4) is 0 Å². The first-order chi connectivity index (χ1) is 18.3. The van der Waals surface area contributed by atoms with Gasteiger partial charge in [-0.05, 0) is 18.2 Å². The number of nitro benzene ring substituents is 1. The molecule has 0 bridgehead atoms. The summed E-state index contributed by atoms with van der Waals surface area (Å²) in [5.41, 5.74) is 1.67. The number of para-hydroxylation sites is 3. The number of ether oxygens (including phenoxy) is 4. The van der Waals surface area contributed by atoms with E-state index in [-0.39, 0.29) is 28.6 Å². The van der Waals surface area contributed by atoms with Gasteiger partial charge < -0.3 is 24.3 Å². The molecule has 2 heterocycles. The molecule has 2 aliphatic heterocycles. The number of esters is 3. The zero-order chi connectivity index (χ0) is 28.4. The van der Waals surface area contributed by atoms with Crippen LogP contribution in [0.2, 0.25) is 0 Å². The van der Waals surface area contributed by atoms with Crippen LogP contribution in [0.1, 0.15) is 27.7 Å². The second kappa shape index (κ2) is 10.2. The molecule has 1 fully saturated rings. The van der Waals surface area contributed by atoms with Crippen molar-refractivity contribution in [1.82, 2.24) is 0 Å². The van der Waals surface area contributed by atoms with Gasteiger partial charge in [-0.3, -0.25) is 15.5 Å². The van der Waals surface area contributed by atoms with Gasteiger partial charge in [0.25, 0.3) is 23.0 Å². The fourth-order valence-electron chi connectivity index (χ4n) is 3.32. The van der Waals surface area contributed by atoms with E-state index < -0.39 is 45.8 Å². The van der Waals surface area contributed by atoms with Crippen molar-refractivity contribution in [1.29, 1.82) is 0 Å². The Morgan fingerprint density at radius 2 is 1.33 bits per heavy atom. The van der Waals surface area contributed by atoms with Gasteiger partial charge >= 0.3 is 17.9 Å². The number of carbonyl (C=O) groups excluding carboxylic acids is 3. The number of nitrogens with one attached hydrogen (secondary N) is 2. The summed E-state index contributed by atoms with van der Waals surface area (Å²) in [5.74, 6) is -5.87. The van der Waals surface area contributed by atoms with Crippen LogP contribution >= 0.6 is 0 Å². The number of benzene rings is 2. The van der Waals surface area contributed by atoms with E-state index in [4.69, 9.17) is 18.9 Å². The van der Waals surface area contributed by atoms with E-state index in [0.717, 1.165) is 0 Å². The highest BCUT2D eigenvalue weighted by Gasteiger charge is 2.41. The minimum Gasteiger partial charge on any atom is -0.435 e. The van der Waals surface area contributed by atoms with E-state index in [2.05, 4.69) is 26.1 Å². The van der Waals surface area contributed by atoms with Crippen molar-refractivity contribution in [3.63, 3.8) is 0 Å². The lowest BCUT2D eigenvalue weighted by Crippen LogP contribution is -2.47. The maximum absolute atomic E-state index is 12.8. The van der Waals surface area contributed by atoms with Crippen molar-refractivity contribution in [2.75, 3.05) is 10.7 Å². The van der Waals surface area contributed by atoms with Crippen molar-refractivity contribution < 1.29 is 38.3 Å². The summed E-state index contributed by atoms with van der Waals surface area (Å²) in [5, 5.41) is 25.7. The zero-order valence-corrected chi connectivity index (χ0v) is 21.1. The number of nitrogens with zero attached hydrogens (tertiary/aromatic N) is 4. The van der Waals surface area contributed by atoms with E-state index in [0.29, 0.717) is 0 Å². The molecule has 0 atom stereocenters. The van der Waals surface area contributed by atoms with Gasteiger partial charge in [-0.2, -0.15) is 5.10 Å². The standard InChI is InChI=1S/C24H22N6O9/c1-23(2)36-19(17(20(31)37-23)28-27-15-11-7-8-12-16(15)30(34)35)25-13-9-5-6-10-14(13)26-29-18-21(32)38-24(3,4)39-22(18)33/h5-12,25-26H,1-4H3.